The second kappa shape index (κ2) is 5.08. The van der Waals surface area contributed by atoms with Crippen LogP contribution in [0, 0.1) is 18.8 Å². The van der Waals surface area contributed by atoms with Crippen molar-refractivity contribution in [2.24, 2.45) is 17.6 Å². The molecule has 1 atom stereocenters. The van der Waals surface area contributed by atoms with Gasteiger partial charge in [0.1, 0.15) is 0 Å². The topological polar surface area (TPSA) is 38.9 Å². The molecule has 15 heavy (non-hydrogen) atoms. The Morgan fingerprint density at radius 2 is 2.27 bits per heavy atom. The summed E-state index contributed by atoms with van der Waals surface area (Å²) in [6.45, 7) is 2.89. The van der Waals surface area contributed by atoms with Gasteiger partial charge in [0.2, 0.25) is 0 Å². The van der Waals surface area contributed by atoms with Gasteiger partial charge in [-0.15, -0.1) is 11.3 Å². The summed E-state index contributed by atoms with van der Waals surface area (Å²) in [5.41, 5.74) is 7.13. The Morgan fingerprint density at radius 3 is 2.80 bits per heavy atom. The Balaban J connectivity index is 1.95. The fraction of sp³-hybridized carbons (Fsp3) is 0.750. The van der Waals surface area contributed by atoms with Crippen molar-refractivity contribution in [2.75, 3.05) is 6.54 Å². The van der Waals surface area contributed by atoms with E-state index < -0.39 is 0 Å². The number of hydrogen-bond acceptors (Lipinski definition) is 3. The Kier molecular flexibility index (Phi) is 3.76. The summed E-state index contributed by atoms with van der Waals surface area (Å²) in [6.07, 6.45) is 6.65. The van der Waals surface area contributed by atoms with Crippen LogP contribution in [0.1, 0.15) is 36.4 Å². The van der Waals surface area contributed by atoms with Crippen LogP contribution in [-0.2, 0) is 6.42 Å². The molecule has 0 bridgehead atoms. The molecule has 1 aromatic heterocycles. The Morgan fingerprint density at radius 1 is 1.53 bits per heavy atom. The molecule has 84 valence electrons. The van der Waals surface area contributed by atoms with E-state index in [0.717, 1.165) is 18.9 Å². The average molecular weight is 224 g/mol. The number of hydrogen-bond donors (Lipinski definition) is 1. The minimum absolute atomic E-state index is 0.661. The fourth-order valence-corrected chi connectivity index (χ4v) is 3.27. The zero-order valence-electron chi connectivity index (χ0n) is 9.41. The van der Waals surface area contributed by atoms with Gasteiger partial charge >= 0.3 is 0 Å². The molecule has 1 fully saturated rings. The Hall–Kier alpha value is -0.410. The highest BCUT2D eigenvalue weighted by Crippen LogP contribution is 2.32. The minimum Gasteiger partial charge on any atom is -0.330 e. The zero-order valence-corrected chi connectivity index (χ0v) is 10.2. The molecular formula is C12H20N2S. The summed E-state index contributed by atoms with van der Waals surface area (Å²) in [5.74, 6) is 1.52. The van der Waals surface area contributed by atoms with Crippen molar-refractivity contribution >= 4 is 11.3 Å². The molecule has 2 nitrogen and oxygen atoms in total. The molecular weight excluding hydrogens is 204 g/mol. The van der Waals surface area contributed by atoms with Crippen molar-refractivity contribution in [2.45, 2.75) is 39.0 Å². The Bertz CT molecular complexity index is 302. The lowest BCUT2D eigenvalue weighted by atomic mass is 9.87. The van der Waals surface area contributed by atoms with E-state index in [0.29, 0.717) is 5.92 Å². The van der Waals surface area contributed by atoms with Gasteiger partial charge in [0.15, 0.2) is 0 Å². The van der Waals surface area contributed by atoms with Gasteiger partial charge < -0.3 is 5.73 Å². The first-order valence-corrected chi connectivity index (χ1v) is 6.78. The van der Waals surface area contributed by atoms with Crippen LogP contribution in [0.5, 0.6) is 0 Å². The summed E-state index contributed by atoms with van der Waals surface area (Å²) < 4.78 is 0. The quantitative estimate of drug-likeness (QED) is 0.854. The van der Waals surface area contributed by atoms with Gasteiger partial charge in [0.05, 0.1) is 10.7 Å². The van der Waals surface area contributed by atoms with Crippen molar-refractivity contribution in [1.29, 1.82) is 0 Å². The van der Waals surface area contributed by atoms with Crippen LogP contribution in [0.3, 0.4) is 0 Å². The van der Waals surface area contributed by atoms with Gasteiger partial charge in [-0.05, 0) is 31.7 Å². The van der Waals surface area contributed by atoms with Crippen molar-refractivity contribution in [3.05, 3.63) is 16.1 Å². The maximum absolute atomic E-state index is 5.88. The molecule has 3 heteroatoms. The van der Waals surface area contributed by atoms with Crippen molar-refractivity contribution < 1.29 is 0 Å². The average Bonchev–Trinajstić information content (AvgIpc) is 2.85. The molecule has 0 saturated heterocycles. The molecule has 1 aliphatic rings. The van der Waals surface area contributed by atoms with Gasteiger partial charge in [-0.25, -0.2) is 4.98 Å². The summed E-state index contributed by atoms with van der Waals surface area (Å²) in [4.78, 5) is 4.53. The predicted molar refractivity (Wildman–Crippen MR) is 65.1 cm³/mol. The van der Waals surface area contributed by atoms with Crippen LogP contribution < -0.4 is 5.73 Å². The van der Waals surface area contributed by atoms with E-state index in [-0.39, 0.29) is 0 Å². The molecule has 2 N–H and O–H groups in total. The van der Waals surface area contributed by atoms with Crippen LogP contribution in [0.2, 0.25) is 0 Å². The molecule has 2 rings (SSSR count). The summed E-state index contributed by atoms with van der Waals surface area (Å²) in [5, 5.41) is 3.36. The monoisotopic (exact) mass is 224 g/mol. The molecule has 0 aliphatic heterocycles. The smallest absolute Gasteiger partial charge is 0.0897 e. The van der Waals surface area contributed by atoms with Gasteiger partial charge in [-0.2, -0.15) is 0 Å². The number of thiazole rings is 1. The number of aryl methyl sites for hydroxylation is 1. The van der Waals surface area contributed by atoms with Gasteiger partial charge in [-0.3, -0.25) is 0 Å². The lowest BCUT2D eigenvalue weighted by Crippen LogP contribution is -2.24. The molecule has 0 amide bonds. The highest BCUT2D eigenvalue weighted by atomic mass is 32.1. The molecule has 1 aliphatic carbocycles. The zero-order chi connectivity index (χ0) is 10.7. The lowest BCUT2D eigenvalue weighted by molar-refractivity contribution is 0.342. The summed E-state index contributed by atoms with van der Waals surface area (Å²) in [6, 6.07) is 0. The molecule has 0 aromatic carbocycles. The highest BCUT2D eigenvalue weighted by Gasteiger charge is 2.24. The first-order valence-electron chi connectivity index (χ1n) is 5.90. The third kappa shape index (κ3) is 2.79. The number of aromatic nitrogens is 1. The number of nitrogens with two attached hydrogens (primary N) is 1. The van der Waals surface area contributed by atoms with E-state index in [9.17, 15) is 0 Å². The number of nitrogens with zero attached hydrogens (tertiary/aromatic N) is 1. The standard InChI is InChI=1S/C12H20N2S/c1-9-14-12(8-15-9)6-11(7-13)10-4-2-3-5-10/h8,10-11H,2-7,13H2,1H3. The van der Waals surface area contributed by atoms with E-state index in [1.165, 1.54) is 36.4 Å². The molecule has 1 unspecified atom stereocenters. The van der Waals surface area contributed by atoms with Crippen molar-refractivity contribution in [3.63, 3.8) is 0 Å². The van der Waals surface area contributed by atoms with E-state index in [1.54, 1.807) is 11.3 Å². The summed E-state index contributed by atoms with van der Waals surface area (Å²) >= 11 is 1.75. The minimum atomic E-state index is 0.661. The van der Waals surface area contributed by atoms with E-state index in [2.05, 4.69) is 17.3 Å². The molecule has 0 radical (unpaired) electrons. The summed E-state index contributed by atoms with van der Waals surface area (Å²) in [7, 11) is 0. The van der Waals surface area contributed by atoms with Crippen molar-refractivity contribution in [3.8, 4) is 0 Å². The molecule has 1 aromatic rings. The maximum Gasteiger partial charge on any atom is 0.0897 e. The Labute approximate surface area is 95.9 Å². The van der Waals surface area contributed by atoms with Gasteiger partial charge in [0, 0.05) is 5.38 Å². The second-order valence-corrected chi connectivity index (χ2v) is 5.66. The molecule has 0 spiro atoms. The van der Waals surface area contributed by atoms with Crippen LogP contribution in [-0.4, -0.2) is 11.5 Å². The third-order valence-electron chi connectivity index (χ3n) is 3.51. The van der Waals surface area contributed by atoms with E-state index in [1.807, 2.05) is 0 Å². The van der Waals surface area contributed by atoms with Crippen LogP contribution in [0.4, 0.5) is 0 Å². The predicted octanol–water partition coefficient (Wildman–Crippen LogP) is 2.76. The van der Waals surface area contributed by atoms with Gasteiger partial charge in [-0.1, -0.05) is 25.7 Å². The normalized spacial score (nSPS) is 19.6. The van der Waals surface area contributed by atoms with Crippen LogP contribution in [0.25, 0.3) is 0 Å². The van der Waals surface area contributed by atoms with Crippen molar-refractivity contribution in [1.82, 2.24) is 4.98 Å². The van der Waals surface area contributed by atoms with Crippen LogP contribution in [0.15, 0.2) is 5.38 Å². The first-order chi connectivity index (χ1) is 7.29. The fourth-order valence-electron chi connectivity index (χ4n) is 2.64. The van der Waals surface area contributed by atoms with Gasteiger partial charge in [0.25, 0.3) is 0 Å². The highest BCUT2D eigenvalue weighted by molar-refractivity contribution is 7.09. The largest absolute Gasteiger partial charge is 0.330 e. The lowest BCUT2D eigenvalue weighted by Gasteiger charge is -2.20. The molecule has 1 saturated carbocycles. The van der Waals surface area contributed by atoms with Crippen LogP contribution >= 0.6 is 11.3 Å². The third-order valence-corrected chi connectivity index (χ3v) is 4.33. The van der Waals surface area contributed by atoms with E-state index in [4.69, 9.17) is 5.73 Å². The first kappa shape index (κ1) is 11.1. The van der Waals surface area contributed by atoms with E-state index >= 15 is 0 Å². The SMILES string of the molecule is Cc1nc(CC(CN)C2CCCC2)cs1. The molecule has 1 heterocycles. The second-order valence-electron chi connectivity index (χ2n) is 4.60. The number of rotatable bonds is 4. The maximum atomic E-state index is 5.88.